The summed E-state index contributed by atoms with van der Waals surface area (Å²) in [6.07, 6.45) is 1.48. The molecule has 8 nitrogen and oxygen atoms in total. The summed E-state index contributed by atoms with van der Waals surface area (Å²) < 4.78 is 16.4. The molecule has 3 aromatic rings. The van der Waals surface area contributed by atoms with Gasteiger partial charge in [0.15, 0.2) is 16.6 Å². The molecule has 204 valence electrons. The van der Waals surface area contributed by atoms with E-state index in [-0.39, 0.29) is 18.2 Å². The van der Waals surface area contributed by atoms with Gasteiger partial charge in [-0.3, -0.25) is 9.59 Å². The zero-order chi connectivity index (χ0) is 27.8. The van der Waals surface area contributed by atoms with Crippen molar-refractivity contribution in [2.45, 2.75) is 32.2 Å². The number of hydrogen-bond donors (Lipinski definition) is 1. The number of benzene rings is 3. The number of hydrogen-bond acceptors (Lipinski definition) is 6. The minimum atomic E-state index is -0.739. The highest BCUT2D eigenvalue weighted by molar-refractivity contribution is 7.80. The number of amides is 2. The maximum atomic E-state index is 13.7. The zero-order valence-corrected chi connectivity index (χ0v) is 23.2. The van der Waals surface area contributed by atoms with Gasteiger partial charge >= 0.3 is 0 Å². The van der Waals surface area contributed by atoms with Gasteiger partial charge in [-0.1, -0.05) is 31.2 Å². The van der Waals surface area contributed by atoms with Crippen molar-refractivity contribution in [1.82, 2.24) is 4.90 Å². The molecule has 0 saturated carbocycles. The number of imide groups is 1. The first kappa shape index (κ1) is 27.9. The lowest BCUT2D eigenvalue weighted by Gasteiger charge is -2.30. The number of carbonyl (C=O) groups is 2. The van der Waals surface area contributed by atoms with Crippen LogP contribution in [0.2, 0.25) is 0 Å². The van der Waals surface area contributed by atoms with Crippen molar-refractivity contribution < 1.29 is 23.8 Å². The van der Waals surface area contributed by atoms with Crippen LogP contribution in [0.3, 0.4) is 0 Å². The molecule has 0 bridgehead atoms. The molecule has 4 rings (SSSR count). The molecular weight excluding hydrogens is 514 g/mol. The predicted octanol–water partition coefficient (Wildman–Crippen LogP) is 5.07. The highest BCUT2D eigenvalue weighted by atomic mass is 32.1. The second-order valence-corrected chi connectivity index (χ2v) is 9.45. The normalized spacial score (nSPS) is 14.7. The molecule has 1 aliphatic heterocycles. The number of rotatable bonds is 11. The molecule has 0 radical (unpaired) electrons. The zero-order valence-electron chi connectivity index (χ0n) is 22.4. The van der Waals surface area contributed by atoms with Crippen LogP contribution in [-0.2, 0) is 16.0 Å². The van der Waals surface area contributed by atoms with Gasteiger partial charge < -0.3 is 24.4 Å². The maximum absolute atomic E-state index is 13.7. The highest BCUT2D eigenvalue weighted by Gasteiger charge is 2.43. The molecular formula is C30H33N3O5S. The van der Waals surface area contributed by atoms with Crippen molar-refractivity contribution in [2.75, 3.05) is 37.6 Å². The van der Waals surface area contributed by atoms with E-state index >= 15 is 0 Å². The van der Waals surface area contributed by atoms with Crippen molar-refractivity contribution in [3.63, 3.8) is 0 Å². The van der Waals surface area contributed by atoms with E-state index in [0.29, 0.717) is 47.6 Å². The lowest BCUT2D eigenvalue weighted by molar-refractivity contribution is -0.122. The molecule has 3 aromatic carbocycles. The number of nitrogens with one attached hydrogen (secondary N) is 1. The van der Waals surface area contributed by atoms with E-state index < -0.39 is 6.04 Å². The van der Waals surface area contributed by atoms with Crippen molar-refractivity contribution in [3.05, 3.63) is 78.4 Å². The number of anilines is 2. The van der Waals surface area contributed by atoms with Gasteiger partial charge in [0.2, 0.25) is 5.91 Å². The van der Waals surface area contributed by atoms with E-state index in [0.717, 1.165) is 17.7 Å². The largest absolute Gasteiger partial charge is 0.494 e. The summed E-state index contributed by atoms with van der Waals surface area (Å²) in [4.78, 5) is 29.8. The van der Waals surface area contributed by atoms with Gasteiger partial charge in [-0.05, 0) is 79.2 Å². The Balaban J connectivity index is 1.56. The summed E-state index contributed by atoms with van der Waals surface area (Å²) in [6, 6.07) is 21.5. The molecule has 0 spiro atoms. The van der Waals surface area contributed by atoms with Crippen molar-refractivity contribution in [1.29, 1.82) is 0 Å². The fraction of sp³-hybridized carbons (Fsp3) is 0.300. The Labute approximate surface area is 234 Å². The van der Waals surface area contributed by atoms with Gasteiger partial charge in [0, 0.05) is 12.2 Å². The quantitative estimate of drug-likeness (QED) is 0.263. The summed E-state index contributed by atoms with van der Waals surface area (Å²) in [5.41, 5.74) is 2.30. The number of carbonyl (C=O) groups excluding carboxylic acids is 2. The van der Waals surface area contributed by atoms with Crippen LogP contribution in [0.15, 0.2) is 72.8 Å². The van der Waals surface area contributed by atoms with Crippen molar-refractivity contribution in [3.8, 4) is 17.2 Å². The summed E-state index contributed by atoms with van der Waals surface area (Å²) in [5, 5.41) is 3.60. The van der Waals surface area contributed by atoms with Gasteiger partial charge in [-0.15, -0.1) is 0 Å². The number of thiocarbonyl (C=S) groups is 1. The number of nitrogens with zero attached hydrogens (tertiary/aromatic N) is 2. The van der Waals surface area contributed by atoms with E-state index in [1.165, 1.54) is 4.90 Å². The molecule has 1 aliphatic rings. The van der Waals surface area contributed by atoms with Gasteiger partial charge in [0.1, 0.15) is 11.8 Å². The lowest BCUT2D eigenvalue weighted by Crippen LogP contribution is -2.48. The van der Waals surface area contributed by atoms with Crippen LogP contribution in [0.1, 0.15) is 25.3 Å². The first-order chi connectivity index (χ1) is 18.9. The lowest BCUT2D eigenvalue weighted by atomic mass is 10.1. The van der Waals surface area contributed by atoms with Crippen LogP contribution < -0.4 is 24.4 Å². The van der Waals surface area contributed by atoms with Crippen molar-refractivity contribution in [2.24, 2.45) is 0 Å². The second-order valence-electron chi connectivity index (χ2n) is 9.06. The maximum Gasteiger partial charge on any atom is 0.257 e. The van der Waals surface area contributed by atoms with Crippen LogP contribution in [0.4, 0.5) is 11.4 Å². The Morgan fingerprint density at radius 2 is 1.72 bits per heavy atom. The minimum Gasteiger partial charge on any atom is -0.494 e. The van der Waals surface area contributed by atoms with E-state index in [1.54, 1.807) is 43.4 Å². The molecule has 0 aliphatic carbocycles. The minimum absolute atomic E-state index is 0.0233. The summed E-state index contributed by atoms with van der Waals surface area (Å²) in [7, 11) is 3.18. The van der Waals surface area contributed by atoms with Crippen LogP contribution in [0, 0.1) is 0 Å². The third kappa shape index (κ3) is 6.67. The smallest absolute Gasteiger partial charge is 0.257 e. The summed E-state index contributed by atoms with van der Waals surface area (Å²) in [5.74, 6) is 1.37. The molecule has 1 N–H and O–H groups in total. The molecule has 0 aromatic heterocycles. The topological polar surface area (TPSA) is 80.3 Å². The summed E-state index contributed by atoms with van der Waals surface area (Å²) >= 11 is 5.77. The van der Waals surface area contributed by atoms with Gasteiger partial charge in [-0.2, -0.15) is 0 Å². The molecule has 1 atom stereocenters. The Morgan fingerprint density at radius 3 is 2.38 bits per heavy atom. The average molecular weight is 548 g/mol. The number of methoxy groups -OCH3 is 2. The molecule has 1 heterocycles. The van der Waals surface area contributed by atoms with E-state index in [4.69, 9.17) is 26.4 Å². The molecule has 1 fully saturated rings. The van der Waals surface area contributed by atoms with Gasteiger partial charge in [-0.25, -0.2) is 4.90 Å². The molecule has 0 unspecified atom stereocenters. The second kappa shape index (κ2) is 13.1. The van der Waals surface area contributed by atoms with Gasteiger partial charge in [0.25, 0.3) is 5.91 Å². The molecule has 39 heavy (non-hydrogen) atoms. The molecule has 2 amide bonds. The van der Waals surface area contributed by atoms with E-state index in [9.17, 15) is 9.59 Å². The fourth-order valence-corrected chi connectivity index (χ4v) is 4.78. The average Bonchev–Trinajstić information content (AvgIpc) is 3.25. The monoisotopic (exact) mass is 547 g/mol. The van der Waals surface area contributed by atoms with Gasteiger partial charge in [0.05, 0.1) is 32.9 Å². The predicted molar refractivity (Wildman–Crippen MR) is 156 cm³/mol. The Morgan fingerprint density at radius 1 is 1.00 bits per heavy atom. The third-order valence-electron chi connectivity index (χ3n) is 6.44. The Kier molecular flexibility index (Phi) is 9.38. The fourth-order valence-electron chi connectivity index (χ4n) is 4.44. The van der Waals surface area contributed by atoms with Crippen LogP contribution in [0.5, 0.6) is 17.2 Å². The van der Waals surface area contributed by atoms with Crippen LogP contribution >= 0.6 is 12.2 Å². The Bertz CT molecular complexity index is 1300. The molecule has 1 saturated heterocycles. The molecule has 9 heteroatoms. The van der Waals surface area contributed by atoms with E-state index in [2.05, 4.69) is 5.32 Å². The number of para-hydroxylation sites is 1. The standard InChI is InChI=1S/C30H33N3O5S/c1-4-18-38-24-13-11-23(12-14-24)33-28(34)20-25(29(33)35)32(30(39)31-22-8-6-5-7-9-22)17-16-21-10-15-26(36-2)27(19-21)37-3/h5-15,19,25H,4,16-18,20H2,1-3H3,(H,31,39)/t25-/m1/s1. The third-order valence-corrected chi connectivity index (χ3v) is 6.78. The summed E-state index contributed by atoms with van der Waals surface area (Å²) in [6.45, 7) is 3.05. The highest BCUT2D eigenvalue weighted by Crippen LogP contribution is 2.30. The first-order valence-electron chi connectivity index (χ1n) is 12.9. The van der Waals surface area contributed by atoms with Crippen LogP contribution in [0.25, 0.3) is 0 Å². The number of ether oxygens (including phenoxy) is 3. The van der Waals surface area contributed by atoms with Crippen LogP contribution in [-0.4, -0.2) is 55.2 Å². The van der Waals surface area contributed by atoms with Crippen molar-refractivity contribution >= 4 is 40.5 Å². The Hall–Kier alpha value is -4.11. The van der Waals surface area contributed by atoms with E-state index in [1.807, 2.05) is 55.5 Å². The first-order valence-corrected chi connectivity index (χ1v) is 13.3. The SMILES string of the molecule is CCCOc1ccc(N2C(=O)C[C@@H](N(CCc3ccc(OC)c(OC)c3)C(=S)Nc3ccccc3)C2=O)cc1.